The molecule has 0 aliphatic carbocycles. The lowest BCUT2D eigenvalue weighted by Gasteiger charge is -2.08. The molecule has 0 unspecified atom stereocenters. The van der Waals surface area contributed by atoms with E-state index in [1.54, 1.807) is 6.07 Å². The molecule has 0 amide bonds. The van der Waals surface area contributed by atoms with E-state index in [1.807, 2.05) is 6.92 Å². The predicted octanol–water partition coefficient (Wildman–Crippen LogP) is 2.40. The lowest BCUT2D eigenvalue weighted by molar-refractivity contribution is 1.19. The Hall–Kier alpha value is -0.670. The van der Waals surface area contributed by atoms with Crippen molar-refractivity contribution in [2.45, 2.75) is 6.92 Å². The van der Waals surface area contributed by atoms with Gasteiger partial charge in [0.05, 0.1) is 11.4 Å². The number of nitrogens with zero attached hydrogens (tertiary/aromatic N) is 1. The summed E-state index contributed by atoms with van der Waals surface area (Å²) in [6.07, 6.45) is 0. The molecule has 0 bridgehead atoms. The summed E-state index contributed by atoms with van der Waals surface area (Å²) in [6, 6.07) is 1.56. The molecule has 66 valence electrons. The number of nitrogens with one attached hydrogen (secondary N) is 1. The van der Waals surface area contributed by atoms with Crippen molar-refractivity contribution >= 4 is 34.6 Å². The standard InChI is InChI=1S/C7H9Cl2N3/c1-2-11-6-4(10)3-5(8)12-7(6)9/h3,11H,2H2,1H3,(H2,10,12). The van der Waals surface area contributed by atoms with Crippen molar-refractivity contribution in [3.05, 3.63) is 16.4 Å². The monoisotopic (exact) mass is 205 g/mol. The first-order valence-electron chi connectivity index (χ1n) is 3.50. The maximum absolute atomic E-state index is 5.78. The molecule has 0 spiro atoms. The van der Waals surface area contributed by atoms with Crippen LogP contribution in [0.4, 0.5) is 11.4 Å². The van der Waals surface area contributed by atoms with Crippen LogP contribution in [0.5, 0.6) is 0 Å². The van der Waals surface area contributed by atoms with Gasteiger partial charge in [-0.15, -0.1) is 0 Å². The van der Waals surface area contributed by atoms with E-state index in [0.717, 1.165) is 6.54 Å². The minimum absolute atomic E-state index is 0.305. The van der Waals surface area contributed by atoms with Gasteiger partial charge in [0, 0.05) is 12.6 Å². The van der Waals surface area contributed by atoms with E-state index >= 15 is 0 Å². The number of nitrogen functional groups attached to an aromatic ring is 1. The first-order valence-corrected chi connectivity index (χ1v) is 4.26. The van der Waals surface area contributed by atoms with Crippen molar-refractivity contribution < 1.29 is 0 Å². The highest BCUT2D eigenvalue weighted by molar-refractivity contribution is 6.35. The predicted molar refractivity (Wildman–Crippen MR) is 52.8 cm³/mol. The molecule has 1 rings (SSSR count). The SMILES string of the molecule is CCNc1c(N)cc(Cl)nc1Cl. The molecular weight excluding hydrogens is 197 g/mol. The summed E-state index contributed by atoms with van der Waals surface area (Å²) in [5.74, 6) is 0. The number of hydrogen-bond acceptors (Lipinski definition) is 3. The average molecular weight is 206 g/mol. The van der Waals surface area contributed by atoms with Gasteiger partial charge in [-0.2, -0.15) is 0 Å². The third kappa shape index (κ3) is 1.93. The van der Waals surface area contributed by atoms with E-state index < -0.39 is 0 Å². The molecule has 0 atom stereocenters. The van der Waals surface area contributed by atoms with Crippen LogP contribution in [0.3, 0.4) is 0 Å². The summed E-state index contributed by atoms with van der Waals surface area (Å²) in [6.45, 7) is 2.69. The van der Waals surface area contributed by atoms with Gasteiger partial charge in [0.1, 0.15) is 5.15 Å². The highest BCUT2D eigenvalue weighted by Crippen LogP contribution is 2.28. The number of pyridine rings is 1. The van der Waals surface area contributed by atoms with E-state index in [2.05, 4.69) is 10.3 Å². The van der Waals surface area contributed by atoms with Crippen LogP contribution in [0.15, 0.2) is 6.07 Å². The highest BCUT2D eigenvalue weighted by atomic mass is 35.5. The summed E-state index contributed by atoms with van der Waals surface area (Å²) in [4.78, 5) is 3.84. The Balaban J connectivity index is 3.10. The second-order valence-electron chi connectivity index (χ2n) is 2.23. The Morgan fingerprint density at radius 2 is 2.25 bits per heavy atom. The molecule has 0 aromatic carbocycles. The lowest BCUT2D eigenvalue weighted by atomic mass is 10.3. The number of anilines is 2. The van der Waals surface area contributed by atoms with E-state index in [9.17, 15) is 0 Å². The molecule has 3 N–H and O–H groups in total. The van der Waals surface area contributed by atoms with Gasteiger partial charge < -0.3 is 11.1 Å². The van der Waals surface area contributed by atoms with Gasteiger partial charge in [-0.1, -0.05) is 23.2 Å². The summed E-state index contributed by atoms with van der Waals surface area (Å²) >= 11 is 11.4. The quantitative estimate of drug-likeness (QED) is 0.730. The Bertz CT molecular complexity index is 265. The maximum atomic E-state index is 5.78. The van der Waals surface area contributed by atoms with Crippen LogP contribution in [-0.2, 0) is 0 Å². The molecule has 0 radical (unpaired) electrons. The molecule has 12 heavy (non-hydrogen) atoms. The van der Waals surface area contributed by atoms with Crippen molar-refractivity contribution in [2.75, 3.05) is 17.6 Å². The van der Waals surface area contributed by atoms with Crippen molar-refractivity contribution in [2.24, 2.45) is 0 Å². The fraction of sp³-hybridized carbons (Fsp3) is 0.286. The minimum Gasteiger partial charge on any atom is -0.397 e. The van der Waals surface area contributed by atoms with Crippen LogP contribution in [0.25, 0.3) is 0 Å². The van der Waals surface area contributed by atoms with Gasteiger partial charge in [-0.05, 0) is 6.92 Å². The van der Waals surface area contributed by atoms with Crippen LogP contribution in [0.1, 0.15) is 6.92 Å². The van der Waals surface area contributed by atoms with Gasteiger partial charge >= 0.3 is 0 Å². The van der Waals surface area contributed by atoms with Crippen LogP contribution >= 0.6 is 23.2 Å². The van der Waals surface area contributed by atoms with Gasteiger partial charge in [-0.3, -0.25) is 0 Å². The molecule has 0 aliphatic heterocycles. The number of hydrogen-bond donors (Lipinski definition) is 2. The van der Waals surface area contributed by atoms with Crippen molar-refractivity contribution in [1.82, 2.24) is 4.98 Å². The summed E-state index contributed by atoms with van der Waals surface area (Å²) < 4.78 is 0. The maximum Gasteiger partial charge on any atom is 0.155 e. The number of rotatable bonds is 2. The minimum atomic E-state index is 0.305. The Morgan fingerprint density at radius 3 is 2.75 bits per heavy atom. The molecule has 1 aromatic rings. The molecule has 5 heteroatoms. The lowest BCUT2D eigenvalue weighted by Crippen LogP contribution is -2.02. The van der Waals surface area contributed by atoms with Crippen molar-refractivity contribution in [3.63, 3.8) is 0 Å². The summed E-state index contributed by atoms with van der Waals surface area (Å²) in [5, 5.41) is 3.61. The van der Waals surface area contributed by atoms with Crippen LogP contribution in [0.2, 0.25) is 10.3 Å². The third-order valence-corrected chi connectivity index (χ3v) is 1.80. The second-order valence-corrected chi connectivity index (χ2v) is 2.98. The zero-order valence-electron chi connectivity index (χ0n) is 6.56. The van der Waals surface area contributed by atoms with Gasteiger partial charge in [0.15, 0.2) is 5.15 Å². The summed E-state index contributed by atoms with van der Waals surface area (Å²) in [7, 11) is 0. The largest absolute Gasteiger partial charge is 0.397 e. The Labute approximate surface area is 80.9 Å². The fourth-order valence-corrected chi connectivity index (χ4v) is 1.37. The van der Waals surface area contributed by atoms with Gasteiger partial charge in [-0.25, -0.2) is 4.98 Å². The van der Waals surface area contributed by atoms with Gasteiger partial charge in [0.2, 0.25) is 0 Å². The molecule has 0 fully saturated rings. The van der Waals surface area contributed by atoms with E-state index in [1.165, 1.54) is 0 Å². The zero-order valence-corrected chi connectivity index (χ0v) is 8.08. The number of halogens is 2. The zero-order chi connectivity index (χ0) is 9.14. The third-order valence-electron chi connectivity index (χ3n) is 1.33. The fourth-order valence-electron chi connectivity index (χ4n) is 0.853. The van der Waals surface area contributed by atoms with Gasteiger partial charge in [0.25, 0.3) is 0 Å². The van der Waals surface area contributed by atoms with Crippen LogP contribution in [0, 0.1) is 0 Å². The first kappa shape index (κ1) is 9.42. The molecule has 0 aliphatic rings. The molecule has 0 saturated heterocycles. The van der Waals surface area contributed by atoms with Crippen LogP contribution in [-0.4, -0.2) is 11.5 Å². The average Bonchev–Trinajstić information content (AvgIpc) is 1.96. The Morgan fingerprint density at radius 1 is 1.58 bits per heavy atom. The number of aromatic nitrogens is 1. The van der Waals surface area contributed by atoms with Crippen molar-refractivity contribution in [1.29, 1.82) is 0 Å². The van der Waals surface area contributed by atoms with Crippen LogP contribution < -0.4 is 11.1 Å². The topological polar surface area (TPSA) is 50.9 Å². The molecule has 1 heterocycles. The highest BCUT2D eigenvalue weighted by Gasteiger charge is 2.06. The van der Waals surface area contributed by atoms with E-state index in [4.69, 9.17) is 28.9 Å². The first-order chi connectivity index (χ1) is 5.65. The normalized spacial score (nSPS) is 9.92. The summed E-state index contributed by atoms with van der Waals surface area (Å²) in [5.41, 5.74) is 6.79. The molecule has 3 nitrogen and oxygen atoms in total. The second kappa shape index (κ2) is 3.83. The van der Waals surface area contributed by atoms with E-state index in [0.29, 0.717) is 21.7 Å². The van der Waals surface area contributed by atoms with Crippen molar-refractivity contribution in [3.8, 4) is 0 Å². The molecular formula is C7H9Cl2N3. The number of nitrogens with two attached hydrogens (primary N) is 1. The Kier molecular flexibility index (Phi) is 3.00. The molecule has 1 aromatic heterocycles. The smallest absolute Gasteiger partial charge is 0.155 e. The van der Waals surface area contributed by atoms with E-state index in [-0.39, 0.29) is 0 Å². The molecule has 0 saturated carbocycles.